The summed E-state index contributed by atoms with van der Waals surface area (Å²) in [5.74, 6) is -0.363. The number of rotatable bonds is 7. The summed E-state index contributed by atoms with van der Waals surface area (Å²) < 4.78 is 0. The smallest absolute Gasteiger partial charge is 0.253 e. The van der Waals surface area contributed by atoms with Crippen molar-refractivity contribution in [3.63, 3.8) is 0 Å². The van der Waals surface area contributed by atoms with Gasteiger partial charge in [-0.25, -0.2) is 0 Å². The molecule has 1 rings (SSSR count). The standard InChI is InChI=1S/C11H16N2O3/c1-9(14)8-12-6-2-3-7-13-10(15)4-5-11(13)16/h4-5,12H,2-3,6-8H2,1H3. The lowest BCUT2D eigenvalue weighted by molar-refractivity contribution is -0.136. The average Bonchev–Trinajstić information content (AvgIpc) is 2.53. The van der Waals surface area contributed by atoms with E-state index in [-0.39, 0.29) is 17.6 Å². The average molecular weight is 224 g/mol. The topological polar surface area (TPSA) is 66.5 Å². The summed E-state index contributed by atoms with van der Waals surface area (Å²) >= 11 is 0. The number of ketones is 1. The van der Waals surface area contributed by atoms with E-state index in [9.17, 15) is 14.4 Å². The number of imide groups is 1. The molecule has 0 aromatic heterocycles. The van der Waals surface area contributed by atoms with Gasteiger partial charge in [0.1, 0.15) is 5.78 Å². The van der Waals surface area contributed by atoms with Crippen LogP contribution in [0.15, 0.2) is 12.2 Å². The molecule has 5 nitrogen and oxygen atoms in total. The molecule has 0 unspecified atom stereocenters. The van der Waals surface area contributed by atoms with Crippen molar-refractivity contribution in [3.8, 4) is 0 Å². The van der Waals surface area contributed by atoms with E-state index in [1.807, 2.05) is 0 Å². The number of carbonyl (C=O) groups is 3. The molecule has 0 aromatic rings. The molecule has 0 saturated carbocycles. The molecule has 0 bridgehead atoms. The van der Waals surface area contributed by atoms with E-state index in [1.165, 1.54) is 24.0 Å². The van der Waals surface area contributed by atoms with Crippen LogP contribution in [0, 0.1) is 0 Å². The zero-order valence-corrected chi connectivity index (χ0v) is 9.36. The molecule has 1 heterocycles. The Balaban J connectivity index is 2.05. The van der Waals surface area contributed by atoms with Gasteiger partial charge in [-0.3, -0.25) is 19.3 Å². The summed E-state index contributed by atoms with van der Waals surface area (Å²) in [6.07, 6.45) is 4.17. The van der Waals surface area contributed by atoms with Gasteiger partial charge in [-0.1, -0.05) is 0 Å². The summed E-state index contributed by atoms with van der Waals surface area (Å²) in [6, 6.07) is 0. The lowest BCUT2D eigenvalue weighted by atomic mass is 10.3. The molecule has 0 fully saturated rings. The van der Waals surface area contributed by atoms with Crippen LogP contribution >= 0.6 is 0 Å². The number of nitrogens with one attached hydrogen (secondary N) is 1. The second-order valence-electron chi connectivity index (χ2n) is 3.75. The zero-order valence-electron chi connectivity index (χ0n) is 9.36. The summed E-state index contributed by atoms with van der Waals surface area (Å²) in [4.78, 5) is 34.1. The molecule has 0 aromatic carbocycles. The lowest BCUT2D eigenvalue weighted by Gasteiger charge is -2.13. The number of carbonyl (C=O) groups excluding carboxylic acids is 3. The van der Waals surface area contributed by atoms with Gasteiger partial charge in [0, 0.05) is 18.7 Å². The number of hydrogen-bond acceptors (Lipinski definition) is 4. The highest BCUT2D eigenvalue weighted by molar-refractivity contribution is 6.12. The van der Waals surface area contributed by atoms with E-state index in [1.54, 1.807) is 0 Å². The van der Waals surface area contributed by atoms with Crippen molar-refractivity contribution < 1.29 is 14.4 Å². The van der Waals surface area contributed by atoms with Crippen LogP contribution in [0.1, 0.15) is 19.8 Å². The maximum Gasteiger partial charge on any atom is 0.253 e. The molecule has 0 saturated heterocycles. The fourth-order valence-corrected chi connectivity index (χ4v) is 1.44. The van der Waals surface area contributed by atoms with Crippen molar-refractivity contribution in [2.24, 2.45) is 0 Å². The van der Waals surface area contributed by atoms with Crippen LogP contribution < -0.4 is 5.32 Å². The summed E-state index contributed by atoms with van der Waals surface area (Å²) in [5.41, 5.74) is 0. The largest absolute Gasteiger partial charge is 0.310 e. The highest BCUT2D eigenvalue weighted by Crippen LogP contribution is 2.04. The predicted molar refractivity (Wildman–Crippen MR) is 58.6 cm³/mol. The Hall–Kier alpha value is -1.49. The third-order valence-corrected chi connectivity index (χ3v) is 2.26. The fraction of sp³-hybridized carbons (Fsp3) is 0.545. The second-order valence-corrected chi connectivity index (χ2v) is 3.75. The van der Waals surface area contributed by atoms with Crippen LogP contribution in [-0.4, -0.2) is 42.1 Å². The van der Waals surface area contributed by atoms with E-state index in [2.05, 4.69) is 5.32 Å². The maximum atomic E-state index is 11.2. The van der Waals surface area contributed by atoms with Crippen molar-refractivity contribution in [3.05, 3.63) is 12.2 Å². The molecule has 1 aliphatic heterocycles. The van der Waals surface area contributed by atoms with Gasteiger partial charge in [-0.2, -0.15) is 0 Å². The first-order valence-electron chi connectivity index (χ1n) is 5.35. The van der Waals surface area contributed by atoms with Crippen LogP contribution in [-0.2, 0) is 14.4 Å². The summed E-state index contributed by atoms with van der Waals surface area (Å²) in [6.45, 7) is 3.08. The zero-order chi connectivity index (χ0) is 12.0. The Bertz CT molecular complexity index is 305. The molecule has 5 heteroatoms. The van der Waals surface area contributed by atoms with Crippen LogP contribution in [0.4, 0.5) is 0 Å². The monoisotopic (exact) mass is 224 g/mol. The summed E-state index contributed by atoms with van der Waals surface area (Å²) in [7, 11) is 0. The lowest BCUT2D eigenvalue weighted by Crippen LogP contribution is -2.31. The minimum absolute atomic E-state index is 0.106. The third-order valence-electron chi connectivity index (χ3n) is 2.26. The number of unbranched alkanes of at least 4 members (excludes halogenated alkanes) is 1. The van der Waals surface area contributed by atoms with Crippen LogP contribution in [0.25, 0.3) is 0 Å². The Morgan fingerprint density at radius 3 is 2.44 bits per heavy atom. The molecule has 0 radical (unpaired) electrons. The van der Waals surface area contributed by atoms with E-state index in [0.717, 1.165) is 19.4 Å². The van der Waals surface area contributed by atoms with Crippen molar-refractivity contribution >= 4 is 17.6 Å². The summed E-state index contributed by atoms with van der Waals surface area (Å²) in [5, 5.41) is 2.98. The van der Waals surface area contributed by atoms with Gasteiger partial charge in [0.05, 0.1) is 6.54 Å². The Labute approximate surface area is 94.5 Å². The number of nitrogens with zero attached hydrogens (tertiary/aromatic N) is 1. The molecule has 16 heavy (non-hydrogen) atoms. The molecule has 0 aliphatic carbocycles. The van der Waals surface area contributed by atoms with Crippen molar-refractivity contribution in [2.45, 2.75) is 19.8 Å². The fourth-order valence-electron chi connectivity index (χ4n) is 1.44. The van der Waals surface area contributed by atoms with E-state index < -0.39 is 0 Å². The van der Waals surface area contributed by atoms with Gasteiger partial charge in [-0.15, -0.1) is 0 Å². The molecule has 1 aliphatic rings. The number of Topliss-reactive ketones (excluding diaryl/α,β-unsaturated/α-hetero) is 1. The number of hydrogen-bond donors (Lipinski definition) is 1. The molecule has 88 valence electrons. The highest BCUT2D eigenvalue weighted by atomic mass is 16.2. The van der Waals surface area contributed by atoms with Gasteiger partial charge < -0.3 is 5.32 Å². The maximum absolute atomic E-state index is 11.2. The van der Waals surface area contributed by atoms with E-state index >= 15 is 0 Å². The minimum atomic E-state index is -0.235. The van der Waals surface area contributed by atoms with Gasteiger partial charge in [0.2, 0.25) is 0 Å². The first kappa shape index (κ1) is 12.6. The first-order valence-corrected chi connectivity index (χ1v) is 5.35. The van der Waals surface area contributed by atoms with Crippen LogP contribution in [0.2, 0.25) is 0 Å². The predicted octanol–water partition coefficient (Wildman–Crippen LogP) is -0.130. The van der Waals surface area contributed by atoms with Crippen molar-refractivity contribution in [1.82, 2.24) is 10.2 Å². The molecular weight excluding hydrogens is 208 g/mol. The highest BCUT2D eigenvalue weighted by Gasteiger charge is 2.21. The third kappa shape index (κ3) is 3.94. The Morgan fingerprint density at radius 1 is 1.25 bits per heavy atom. The van der Waals surface area contributed by atoms with Gasteiger partial charge in [0.15, 0.2) is 0 Å². The van der Waals surface area contributed by atoms with Gasteiger partial charge in [-0.05, 0) is 26.3 Å². The molecule has 2 amide bonds. The normalized spacial score (nSPS) is 14.9. The van der Waals surface area contributed by atoms with Crippen LogP contribution in [0.5, 0.6) is 0 Å². The molecule has 1 N–H and O–H groups in total. The molecular formula is C11H16N2O3. The van der Waals surface area contributed by atoms with Gasteiger partial charge in [0.25, 0.3) is 11.8 Å². The number of amides is 2. The van der Waals surface area contributed by atoms with Crippen molar-refractivity contribution in [2.75, 3.05) is 19.6 Å². The molecule has 0 atom stereocenters. The van der Waals surface area contributed by atoms with Gasteiger partial charge >= 0.3 is 0 Å². The second kappa shape index (κ2) is 6.17. The van der Waals surface area contributed by atoms with E-state index in [0.29, 0.717) is 13.1 Å². The first-order chi connectivity index (χ1) is 7.61. The SMILES string of the molecule is CC(=O)CNCCCCN1C(=O)C=CC1=O. The van der Waals surface area contributed by atoms with E-state index in [4.69, 9.17) is 0 Å². The Morgan fingerprint density at radius 2 is 1.88 bits per heavy atom. The quantitative estimate of drug-likeness (QED) is 0.483. The van der Waals surface area contributed by atoms with Crippen molar-refractivity contribution in [1.29, 1.82) is 0 Å². The minimum Gasteiger partial charge on any atom is -0.310 e. The molecule has 0 spiro atoms. The van der Waals surface area contributed by atoms with Crippen LogP contribution in [0.3, 0.4) is 0 Å². The Kier molecular flexibility index (Phi) is 4.85.